The number of thiophene rings is 1. The Hall–Kier alpha value is -3.81. The van der Waals surface area contributed by atoms with Crippen LogP contribution in [0, 0.1) is 6.92 Å². The van der Waals surface area contributed by atoms with E-state index in [1.54, 1.807) is 20.2 Å². The van der Waals surface area contributed by atoms with Crippen LogP contribution in [0.25, 0.3) is 16.8 Å². The van der Waals surface area contributed by atoms with Crippen LogP contribution in [0.5, 0.6) is 0 Å². The van der Waals surface area contributed by atoms with Crippen molar-refractivity contribution in [2.75, 3.05) is 19.0 Å². The number of thiocarbonyl (C=S) groups is 1. The molecule has 2 heterocycles. The third-order valence-corrected chi connectivity index (χ3v) is 7.63. The SMILES string of the molecule is Cc1ccc(N(c2ccc(C=C3C(=O)N(C)C(=S)N(C)C3=O)s2)c2cccc3ccccc23)cc1. The summed E-state index contributed by atoms with van der Waals surface area (Å²) in [5.41, 5.74) is 3.37. The van der Waals surface area contributed by atoms with E-state index in [-0.39, 0.29) is 10.7 Å². The van der Waals surface area contributed by atoms with Crippen LogP contribution in [0.2, 0.25) is 0 Å². The van der Waals surface area contributed by atoms with E-state index in [0.717, 1.165) is 32.0 Å². The molecule has 174 valence electrons. The zero-order chi connectivity index (χ0) is 24.7. The largest absolute Gasteiger partial charge is 0.301 e. The van der Waals surface area contributed by atoms with Crippen molar-refractivity contribution in [3.05, 3.63) is 94.9 Å². The van der Waals surface area contributed by atoms with Crippen LogP contribution in [-0.4, -0.2) is 40.8 Å². The minimum Gasteiger partial charge on any atom is -0.301 e. The molecule has 1 aliphatic heterocycles. The lowest BCUT2D eigenvalue weighted by atomic mass is 10.1. The van der Waals surface area contributed by atoms with Gasteiger partial charge in [-0.1, -0.05) is 54.1 Å². The second-order valence-corrected chi connectivity index (χ2v) is 9.87. The van der Waals surface area contributed by atoms with Crippen molar-refractivity contribution in [2.24, 2.45) is 0 Å². The molecule has 1 saturated heterocycles. The third-order valence-electron chi connectivity index (χ3n) is 6.06. The highest BCUT2D eigenvalue weighted by Gasteiger charge is 2.35. The predicted molar refractivity (Wildman–Crippen MR) is 147 cm³/mol. The number of nitrogens with zero attached hydrogens (tertiary/aromatic N) is 3. The molecule has 5 rings (SSSR count). The molecule has 1 aliphatic rings. The monoisotopic (exact) mass is 497 g/mol. The number of hydrogen-bond donors (Lipinski definition) is 0. The molecule has 0 saturated carbocycles. The van der Waals surface area contributed by atoms with Crippen molar-refractivity contribution >= 4 is 73.7 Å². The standard InChI is InChI=1S/C28H23N3O2S2/c1-18-11-13-20(14-12-18)31(24-10-6-8-19-7-4-5-9-22(19)24)25-16-15-21(35-25)17-23-26(32)29(2)28(34)30(3)27(23)33/h4-17H,1-3H3. The summed E-state index contributed by atoms with van der Waals surface area (Å²) in [5.74, 6) is -0.782. The summed E-state index contributed by atoms with van der Waals surface area (Å²) >= 11 is 6.72. The molecule has 4 aromatic rings. The second-order valence-electron chi connectivity index (χ2n) is 8.41. The van der Waals surface area contributed by atoms with Crippen molar-refractivity contribution in [1.82, 2.24) is 9.80 Å². The van der Waals surface area contributed by atoms with Crippen LogP contribution in [0.1, 0.15) is 10.4 Å². The number of carbonyl (C=O) groups excluding carboxylic acids is 2. The second kappa shape index (κ2) is 9.09. The summed E-state index contributed by atoms with van der Waals surface area (Å²) in [7, 11) is 3.17. The Morgan fingerprint density at radius 2 is 1.49 bits per heavy atom. The van der Waals surface area contributed by atoms with Gasteiger partial charge in [-0.25, -0.2) is 0 Å². The first-order chi connectivity index (χ1) is 16.8. The molecule has 0 spiro atoms. The minimum absolute atomic E-state index is 0.101. The molecule has 3 aromatic carbocycles. The van der Waals surface area contributed by atoms with Crippen LogP contribution < -0.4 is 4.90 Å². The van der Waals surface area contributed by atoms with Crippen LogP contribution in [-0.2, 0) is 9.59 Å². The van der Waals surface area contributed by atoms with Gasteiger partial charge in [0.2, 0.25) is 0 Å². The quantitative estimate of drug-likeness (QED) is 0.189. The van der Waals surface area contributed by atoms with Gasteiger partial charge in [0.15, 0.2) is 5.11 Å². The highest BCUT2D eigenvalue weighted by Crippen LogP contribution is 2.42. The third kappa shape index (κ3) is 4.13. The van der Waals surface area contributed by atoms with E-state index in [2.05, 4.69) is 66.4 Å². The molecule has 2 amide bonds. The number of amides is 2. The van der Waals surface area contributed by atoms with E-state index >= 15 is 0 Å². The lowest BCUT2D eigenvalue weighted by Crippen LogP contribution is -2.52. The van der Waals surface area contributed by atoms with Crippen LogP contribution >= 0.6 is 23.6 Å². The fourth-order valence-electron chi connectivity index (χ4n) is 4.14. The maximum absolute atomic E-state index is 12.8. The van der Waals surface area contributed by atoms with E-state index in [0.29, 0.717) is 0 Å². The molecule has 35 heavy (non-hydrogen) atoms. The topological polar surface area (TPSA) is 43.9 Å². The average Bonchev–Trinajstić information content (AvgIpc) is 3.34. The van der Waals surface area contributed by atoms with Gasteiger partial charge in [0.05, 0.1) is 5.69 Å². The van der Waals surface area contributed by atoms with Gasteiger partial charge in [-0.2, -0.15) is 0 Å². The van der Waals surface area contributed by atoms with E-state index in [9.17, 15) is 9.59 Å². The summed E-state index contributed by atoms with van der Waals surface area (Å²) in [6, 6.07) is 26.9. The fraction of sp³-hybridized carbons (Fsp3) is 0.107. The zero-order valence-corrected chi connectivity index (χ0v) is 21.2. The maximum atomic E-state index is 12.8. The molecule has 0 radical (unpaired) electrons. The highest BCUT2D eigenvalue weighted by atomic mass is 32.1. The molecule has 0 aliphatic carbocycles. The molecular weight excluding hydrogens is 474 g/mol. The number of likely N-dealkylation sites (N-methyl/N-ethyl adjacent to an activating group) is 2. The van der Waals surface area contributed by atoms with Crippen LogP contribution in [0.4, 0.5) is 16.4 Å². The van der Waals surface area contributed by atoms with E-state index < -0.39 is 11.8 Å². The Balaban J connectivity index is 1.62. The number of benzene rings is 3. The number of anilines is 3. The van der Waals surface area contributed by atoms with Gasteiger partial charge in [-0.3, -0.25) is 19.4 Å². The molecule has 7 heteroatoms. The van der Waals surface area contributed by atoms with Gasteiger partial charge >= 0.3 is 0 Å². The molecule has 0 unspecified atom stereocenters. The van der Waals surface area contributed by atoms with E-state index in [1.807, 2.05) is 24.3 Å². The first kappa shape index (κ1) is 23.0. The molecule has 1 aromatic heterocycles. The van der Waals surface area contributed by atoms with E-state index in [4.69, 9.17) is 12.2 Å². The number of carbonyl (C=O) groups is 2. The normalized spacial score (nSPS) is 14.1. The number of fused-ring (bicyclic) bond motifs is 1. The van der Waals surface area contributed by atoms with Crippen molar-refractivity contribution in [1.29, 1.82) is 0 Å². The van der Waals surface area contributed by atoms with Gasteiger partial charge in [-0.15, -0.1) is 11.3 Å². The van der Waals surface area contributed by atoms with Gasteiger partial charge in [0.1, 0.15) is 10.6 Å². The van der Waals surface area contributed by atoms with Gasteiger partial charge in [0.25, 0.3) is 11.8 Å². The Labute approximate surface area is 213 Å². The van der Waals surface area contributed by atoms with Crippen molar-refractivity contribution in [3.8, 4) is 0 Å². The Kier molecular flexibility index (Phi) is 5.96. The molecule has 0 bridgehead atoms. The first-order valence-corrected chi connectivity index (χ1v) is 12.3. The predicted octanol–water partition coefficient (Wildman–Crippen LogP) is 6.28. The number of hydrogen-bond acceptors (Lipinski definition) is 5. The summed E-state index contributed by atoms with van der Waals surface area (Å²) < 4.78 is 0. The van der Waals surface area contributed by atoms with Crippen LogP contribution in [0.3, 0.4) is 0 Å². The van der Waals surface area contributed by atoms with Crippen molar-refractivity contribution in [2.45, 2.75) is 6.92 Å². The van der Waals surface area contributed by atoms with Gasteiger partial charge in [0, 0.05) is 30.0 Å². The summed E-state index contributed by atoms with van der Waals surface area (Å²) in [5, 5.41) is 3.47. The lowest BCUT2D eigenvalue weighted by Gasteiger charge is -2.31. The van der Waals surface area contributed by atoms with Gasteiger partial charge < -0.3 is 4.90 Å². The molecule has 1 fully saturated rings. The van der Waals surface area contributed by atoms with Crippen molar-refractivity contribution < 1.29 is 9.59 Å². The summed E-state index contributed by atoms with van der Waals surface area (Å²) in [6.07, 6.45) is 1.66. The Morgan fingerprint density at radius 3 is 2.20 bits per heavy atom. The molecule has 0 atom stereocenters. The Bertz CT molecular complexity index is 1470. The highest BCUT2D eigenvalue weighted by molar-refractivity contribution is 7.80. The molecular formula is C28H23N3O2S2. The summed E-state index contributed by atoms with van der Waals surface area (Å²) in [4.78, 5) is 31.2. The van der Waals surface area contributed by atoms with Gasteiger partial charge in [-0.05, 0) is 60.9 Å². The smallest absolute Gasteiger partial charge is 0.265 e. The fourth-order valence-corrected chi connectivity index (χ4v) is 5.29. The van der Waals surface area contributed by atoms with E-state index in [1.165, 1.54) is 26.7 Å². The summed E-state index contributed by atoms with van der Waals surface area (Å²) in [6.45, 7) is 2.07. The van der Waals surface area contributed by atoms with Crippen molar-refractivity contribution in [3.63, 3.8) is 0 Å². The number of aryl methyl sites for hydroxylation is 1. The zero-order valence-electron chi connectivity index (χ0n) is 19.6. The maximum Gasteiger partial charge on any atom is 0.265 e. The first-order valence-electron chi connectivity index (χ1n) is 11.1. The molecule has 5 nitrogen and oxygen atoms in total. The number of rotatable bonds is 4. The minimum atomic E-state index is -0.391. The lowest BCUT2D eigenvalue weighted by molar-refractivity contribution is -0.132. The average molecular weight is 498 g/mol. The Morgan fingerprint density at radius 1 is 0.829 bits per heavy atom. The molecule has 0 N–H and O–H groups in total. The van der Waals surface area contributed by atoms with Crippen LogP contribution in [0.15, 0.2) is 84.4 Å².